The van der Waals surface area contributed by atoms with Crippen LogP contribution in [0.5, 0.6) is 0 Å². The lowest BCUT2D eigenvalue weighted by molar-refractivity contribution is -0.121. The molecule has 0 spiro atoms. The van der Waals surface area contributed by atoms with Gasteiger partial charge >= 0.3 is 0 Å². The normalized spacial score (nSPS) is 11.9. The van der Waals surface area contributed by atoms with Crippen molar-refractivity contribution >= 4 is 17.5 Å². The van der Waals surface area contributed by atoms with Crippen molar-refractivity contribution in [2.24, 2.45) is 0 Å². The quantitative estimate of drug-likeness (QED) is 0.440. The highest BCUT2D eigenvalue weighted by atomic mass is 35.5. The Labute approximate surface area is 198 Å². The highest BCUT2D eigenvalue weighted by Gasteiger charge is 2.21. The monoisotopic (exact) mass is 459 g/mol. The van der Waals surface area contributed by atoms with Crippen LogP contribution in [-0.2, 0) is 11.2 Å². The van der Waals surface area contributed by atoms with Crippen LogP contribution in [0.2, 0.25) is 5.02 Å². The van der Waals surface area contributed by atoms with Crippen molar-refractivity contribution < 1.29 is 4.79 Å². The molecule has 0 fully saturated rings. The van der Waals surface area contributed by atoms with Gasteiger partial charge in [0.15, 0.2) is 0 Å². The minimum Gasteiger partial charge on any atom is -0.345 e. The number of aromatic nitrogens is 4. The molecule has 0 aliphatic heterocycles. The Morgan fingerprint density at radius 2 is 1.55 bits per heavy atom. The molecule has 0 aliphatic rings. The van der Waals surface area contributed by atoms with Gasteiger partial charge in [0.1, 0.15) is 0 Å². The summed E-state index contributed by atoms with van der Waals surface area (Å²) in [6, 6.07) is 19.1. The molecule has 1 amide bonds. The van der Waals surface area contributed by atoms with E-state index in [9.17, 15) is 4.79 Å². The molecule has 0 aliphatic carbocycles. The van der Waals surface area contributed by atoms with Crippen LogP contribution in [0.4, 0.5) is 0 Å². The predicted molar refractivity (Wildman–Crippen MR) is 130 cm³/mol. The summed E-state index contributed by atoms with van der Waals surface area (Å²) in [4.78, 5) is 22.2. The number of carbonyl (C=O) groups is 1. The number of nitrogens with one attached hydrogen (secondary N) is 1. The van der Waals surface area contributed by atoms with Gasteiger partial charge in [-0.2, -0.15) is 5.10 Å². The summed E-state index contributed by atoms with van der Waals surface area (Å²) in [5.74, 6) is 0.425. The van der Waals surface area contributed by atoms with Crippen molar-refractivity contribution in [2.45, 2.75) is 40.2 Å². The van der Waals surface area contributed by atoms with Crippen LogP contribution in [-0.4, -0.2) is 25.7 Å². The maximum absolute atomic E-state index is 13.2. The van der Waals surface area contributed by atoms with E-state index in [0.717, 1.165) is 39.5 Å². The fourth-order valence-corrected chi connectivity index (χ4v) is 4.09. The first-order chi connectivity index (χ1) is 15.8. The van der Waals surface area contributed by atoms with Crippen LogP contribution >= 0.6 is 11.6 Å². The zero-order chi connectivity index (χ0) is 23.5. The maximum Gasteiger partial charge on any atom is 0.251 e. The van der Waals surface area contributed by atoms with E-state index in [1.165, 1.54) is 0 Å². The van der Waals surface area contributed by atoms with Gasteiger partial charge in [0.05, 0.1) is 18.2 Å². The van der Waals surface area contributed by atoms with Gasteiger partial charge < -0.3 is 5.32 Å². The number of halogens is 1. The smallest absolute Gasteiger partial charge is 0.251 e. The molecule has 2 aromatic heterocycles. The molecule has 4 aromatic rings. The first-order valence-corrected chi connectivity index (χ1v) is 11.2. The molecular formula is C26H26ClN5O. The van der Waals surface area contributed by atoms with Crippen LogP contribution in [0.15, 0.2) is 60.7 Å². The number of aryl methyl sites for hydroxylation is 3. The van der Waals surface area contributed by atoms with E-state index in [0.29, 0.717) is 11.0 Å². The van der Waals surface area contributed by atoms with Crippen LogP contribution < -0.4 is 5.32 Å². The third kappa shape index (κ3) is 5.12. The Morgan fingerprint density at radius 1 is 0.939 bits per heavy atom. The Balaban J connectivity index is 1.60. The second-order valence-electron chi connectivity index (χ2n) is 8.15. The third-order valence-electron chi connectivity index (χ3n) is 5.58. The van der Waals surface area contributed by atoms with E-state index in [4.69, 9.17) is 11.6 Å². The molecule has 0 bridgehead atoms. The van der Waals surface area contributed by atoms with Crippen LogP contribution in [0.3, 0.4) is 0 Å². The fraction of sp³-hybridized carbons (Fsp3) is 0.231. The second kappa shape index (κ2) is 9.55. The number of nitrogens with zero attached hydrogens (tertiary/aromatic N) is 4. The van der Waals surface area contributed by atoms with Crippen molar-refractivity contribution in [1.82, 2.24) is 25.1 Å². The molecule has 0 saturated carbocycles. The number of amides is 1. The molecule has 4 rings (SSSR count). The summed E-state index contributed by atoms with van der Waals surface area (Å²) in [7, 11) is 0. The molecule has 1 N–H and O–H groups in total. The number of rotatable bonds is 6. The highest BCUT2D eigenvalue weighted by molar-refractivity contribution is 6.30. The molecule has 2 aromatic carbocycles. The van der Waals surface area contributed by atoms with E-state index in [2.05, 4.69) is 20.4 Å². The first kappa shape index (κ1) is 22.7. The van der Waals surface area contributed by atoms with Gasteiger partial charge in [-0.15, -0.1) is 0 Å². The lowest BCUT2D eigenvalue weighted by atomic mass is 9.98. The number of carbonyl (C=O) groups excluding carboxylic acids is 1. The number of benzene rings is 2. The maximum atomic E-state index is 13.2. The van der Waals surface area contributed by atoms with E-state index < -0.39 is 0 Å². The second-order valence-corrected chi connectivity index (χ2v) is 8.59. The Bertz CT molecular complexity index is 1260. The van der Waals surface area contributed by atoms with Crippen LogP contribution in [0.25, 0.3) is 5.95 Å². The van der Waals surface area contributed by atoms with Crippen molar-refractivity contribution in [3.05, 3.63) is 105 Å². The third-order valence-corrected chi connectivity index (χ3v) is 5.83. The van der Waals surface area contributed by atoms with Crippen molar-refractivity contribution in [1.29, 1.82) is 0 Å². The lowest BCUT2D eigenvalue weighted by Crippen LogP contribution is -2.30. The summed E-state index contributed by atoms with van der Waals surface area (Å²) in [5.41, 5.74) is 6.23. The molecular weight excluding hydrogens is 434 g/mol. The molecule has 7 heteroatoms. The largest absolute Gasteiger partial charge is 0.345 e. The summed E-state index contributed by atoms with van der Waals surface area (Å²) in [5, 5.41) is 8.46. The average Bonchev–Trinajstić information content (AvgIpc) is 3.06. The van der Waals surface area contributed by atoms with Crippen LogP contribution in [0, 0.1) is 27.7 Å². The van der Waals surface area contributed by atoms with E-state index in [1.54, 1.807) is 4.68 Å². The standard InChI is InChI=1S/C26H26ClN5O/c1-16-14-17(2)29-26(28-16)32-19(4)23(18(3)31-32)15-24(33)30-25(20-8-6-5-7-9-20)21-10-12-22(27)13-11-21/h5-14,25H,15H2,1-4H3,(H,30,33). The van der Waals surface area contributed by atoms with Gasteiger partial charge in [-0.3, -0.25) is 4.79 Å². The van der Waals surface area contributed by atoms with Crippen molar-refractivity contribution in [3.63, 3.8) is 0 Å². The summed E-state index contributed by atoms with van der Waals surface area (Å²) in [6.45, 7) is 7.71. The predicted octanol–water partition coefficient (Wildman–Crippen LogP) is 5.00. The van der Waals surface area contributed by atoms with E-state index in [1.807, 2.05) is 88.4 Å². The van der Waals surface area contributed by atoms with Crippen molar-refractivity contribution in [3.8, 4) is 5.95 Å². The molecule has 0 saturated heterocycles. The fourth-order valence-electron chi connectivity index (χ4n) is 3.96. The van der Waals surface area contributed by atoms with Gasteiger partial charge in [-0.05, 0) is 57.0 Å². The Morgan fingerprint density at radius 3 is 2.18 bits per heavy atom. The number of hydrogen-bond donors (Lipinski definition) is 1. The topological polar surface area (TPSA) is 72.7 Å². The van der Waals surface area contributed by atoms with Crippen molar-refractivity contribution in [2.75, 3.05) is 0 Å². The zero-order valence-corrected chi connectivity index (χ0v) is 19.9. The summed E-state index contributed by atoms with van der Waals surface area (Å²) >= 11 is 6.08. The van der Waals surface area contributed by atoms with E-state index in [-0.39, 0.29) is 18.4 Å². The Hall–Kier alpha value is -3.51. The molecule has 0 radical (unpaired) electrons. The Kier molecular flexibility index (Phi) is 6.56. The minimum absolute atomic E-state index is 0.0918. The summed E-state index contributed by atoms with van der Waals surface area (Å²) < 4.78 is 1.71. The van der Waals surface area contributed by atoms with Gasteiger partial charge in [-0.1, -0.05) is 54.1 Å². The lowest BCUT2D eigenvalue weighted by Gasteiger charge is -2.20. The SMILES string of the molecule is Cc1cc(C)nc(-n2nc(C)c(CC(=O)NC(c3ccccc3)c3ccc(Cl)cc3)c2C)n1. The summed E-state index contributed by atoms with van der Waals surface area (Å²) in [6.07, 6.45) is 0.208. The first-order valence-electron chi connectivity index (χ1n) is 10.8. The average molecular weight is 460 g/mol. The molecule has 33 heavy (non-hydrogen) atoms. The molecule has 6 nitrogen and oxygen atoms in total. The van der Waals surface area contributed by atoms with Gasteiger partial charge in [0.2, 0.25) is 5.91 Å². The number of hydrogen-bond acceptors (Lipinski definition) is 4. The molecule has 1 atom stereocenters. The minimum atomic E-state index is -0.283. The highest BCUT2D eigenvalue weighted by Crippen LogP contribution is 2.24. The van der Waals surface area contributed by atoms with Gasteiger partial charge in [-0.25, -0.2) is 14.6 Å². The van der Waals surface area contributed by atoms with Gasteiger partial charge in [0.25, 0.3) is 5.95 Å². The molecule has 168 valence electrons. The van der Waals surface area contributed by atoms with Crippen LogP contribution in [0.1, 0.15) is 45.5 Å². The zero-order valence-electron chi connectivity index (χ0n) is 19.1. The van der Waals surface area contributed by atoms with Gasteiger partial charge in [0, 0.05) is 27.7 Å². The molecule has 1 unspecified atom stereocenters. The van der Waals surface area contributed by atoms with E-state index >= 15 is 0 Å². The molecule has 2 heterocycles.